The van der Waals surface area contributed by atoms with Crippen LogP contribution in [0.15, 0.2) is 36.0 Å². The first-order valence-corrected chi connectivity index (χ1v) is 5.22. The van der Waals surface area contributed by atoms with Crippen LogP contribution >= 0.6 is 22.9 Å². The van der Waals surface area contributed by atoms with Gasteiger partial charge in [0, 0.05) is 18.0 Å². The molecule has 0 aromatic carbocycles. The van der Waals surface area contributed by atoms with Crippen LogP contribution in [0.2, 0.25) is 4.34 Å². The summed E-state index contributed by atoms with van der Waals surface area (Å²) in [6.45, 7) is 0. The molecule has 0 bridgehead atoms. The molecule has 0 radical (unpaired) electrons. The van der Waals surface area contributed by atoms with E-state index in [1.54, 1.807) is 36.0 Å². The first-order chi connectivity index (χ1) is 6.79. The third-order valence-electron chi connectivity index (χ3n) is 1.81. The molecule has 0 atom stereocenters. The summed E-state index contributed by atoms with van der Waals surface area (Å²) in [5.74, 6) is -0.0568. The molecule has 70 valence electrons. The Morgan fingerprint density at radius 3 is 2.57 bits per heavy atom. The van der Waals surface area contributed by atoms with Crippen LogP contribution < -0.4 is 0 Å². The second-order valence-corrected chi connectivity index (χ2v) is 4.19. The van der Waals surface area contributed by atoms with Crippen molar-refractivity contribution in [1.82, 2.24) is 4.98 Å². The van der Waals surface area contributed by atoms with E-state index in [1.807, 2.05) is 0 Å². The first-order valence-electron chi connectivity index (χ1n) is 3.97. The summed E-state index contributed by atoms with van der Waals surface area (Å²) < 4.78 is 0.534. The van der Waals surface area contributed by atoms with E-state index in [2.05, 4.69) is 4.98 Å². The molecule has 2 heterocycles. The summed E-state index contributed by atoms with van der Waals surface area (Å²) in [4.78, 5) is 15.7. The van der Waals surface area contributed by atoms with Crippen molar-refractivity contribution in [2.24, 2.45) is 0 Å². The summed E-state index contributed by atoms with van der Waals surface area (Å²) in [7, 11) is 0. The summed E-state index contributed by atoms with van der Waals surface area (Å²) in [5, 5.41) is 1.80. The van der Waals surface area contributed by atoms with E-state index < -0.39 is 0 Å². The molecule has 0 saturated heterocycles. The molecular weight excluding hydrogens is 218 g/mol. The van der Waals surface area contributed by atoms with Crippen LogP contribution in [0, 0.1) is 0 Å². The Kier molecular flexibility index (Phi) is 2.61. The van der Waals surface area contributed by atoms with Gasteiger partial charge in [-0.3, -0.25) is 9.78 Å². The van der Waals surface area contributed by atoms with Crippen molar-refractivity contribution in [2.75, 3.05) is 0 Å². The van der Waals surface area contributed by atoms with Gasteiger partial charge < -0.3 is 0 Å². The fourth-order valence-corrected chi connectivity index (χ4v) is 2.03. The normalized spacial score (nSPS) is 10.1. The molecule has 2 aromatic rings. The highest BCUT2D eigenvalue weighted by atomic mass is 35.5. The van der Waals surface area contributed by atoms with Gasteiger partial charge in [-0.1, -0.05) is 11.6 Å². The van der Waals surface area contributed by atoms with E-state index in [-0.39, 0.29) is 5.78 Å². The lowest BCUT2D eigenvalue weighted by Crippen LogP contribution is -1.99. The maximum atomic E-state index is 11.8. The van der Waals surface area contributed by atoms with Crippen LogP contribution in [-0.4, -0.2) is 10.8 Å². The zero-order valence-electron chi connectivity index (χ0n) is 7.11. The fraction of sp³-hybridized carbons (Fsp3) is 0. The lowest BCUT2D eigenvalue weighted by molar-refractivity contribution is 0.103. The first kappa shape index (κ1) is 9.37. The Bertz CT molecular complexity index is 452. The number of carbonyl (C=O) groups excluding carboxylic acids is 1. The highest BCUT2D eigenvalue weighted by molar-refractivity contribution is 7.14. The maximum Gasteiger partial charge on any atom is 0.195 e. The topological polar surface area (TPSA) is 30.0 Å². The summed E-state index contributed by atoms with van der Waals surface area (Å²) in [5.41, 5.74) is 1.17. The van der Waals surface area contributed by atoms with Gasteiger partial charge in [-0.15, -0.1) is 11.3 Å². The van der Waals surface area contributed by atoms with Crippen LogP contribution in [0.1, 0.15) is 15.9 Å². The van der Waals surface area contributed by atoms with E-state index in [4.69, 9.17) is 11.6 Å². The van der Waals surface area contributed by atoms with Crippen LogP contribution in [-0.2, 0) is 0 Å². The minimum Gasteiger partial charge on any atom is -0.289 e. The molecule has 14 heavy (non-hydrogen) atoms. The second kappa shape index (κ2) is 3.90. The van der Waals surface area contributed by atoms with Crippen molar-refractivity contribution in [2.45, 2.75) is 0 Å². The predicted molar refractivity (Wildman–Crippen MR) is 57.0 cm³/mol. The van der Waals surface area contributed by atoms with Crippen molar-refractivity contribution in [1.29, 1.82) is 0 Å². The molecule has 0 spiro atoms. The van der Waals surface area contributed by atoms with Gasteiger partial charge in [0.1, 0.15) is 4.34 Å². The highest BCUT2D eigenvalue weighted by Gasteiger charge is 2.12. The van der Waals surface area contributed by atoms with Gasteiger partial charge in [0.15, 0.2) is 5.78 Å². The molecular formula is C10H6ClNOS. The molecule has 0 aliphatic carbocycles. The number of hydrogen-bond donors (Lipinski definition) is 0. The van der Waals surface area contributed by atoms with Gasteiger partial charge in [0.05, 0.1) is 5.56 Å². The van der Waals surface area contributed by atoms with Crippen molar-refractivity contribution >= 4 is 28.7 Å². The van der Waals surface area contributed by atoms with Crippen molar-refractivity contribution in [3.8, 4) is 0 Å². The van der Waals surface area contributed by atoms with Crippen molar-refractivity contribution in [3.05, 3.63) is 51.4 Å². The summed E-state index contributed by atoms with van der Waals surface area (Å²) in [6, 6.07) is 5.09. The van der Waals surface area contributed by atoms with Gasteiger partial charge in [-0.2, -0.15) is 0 Å². The monoisotopic (exact) mass is 223 g/mol. The number of pyridine rings is 1. The molecule has 2 aromatic heterocycles. The van der Waals surface area contributed by atoms with E-state index in [9.17, 15) is 4.79 Å². The van der Waals surface area contributed by atoms with Crippen LogP contribution in [0.5, 0.6) is 0 Å². The van der Waals surface area contributed by atoms with Crippen molar-refractivity contribution in [3.63, 3.8) is 0 Å². The molecule has 0 unspecified atom stereocenters. The van der Waals surface area contributed by atoms with Crippen molar-refractivity contribution < 1.29 is 4.79 Å². The van der Waals surface area contributed by atoms with Crippen LogP contribution in [0.4, 0.5) is 0 Å². The zero-order chi connectivity index (χ0) is 9.97. The maximum absolute atomic E-state index is 11.8. The Morgan fingerprint density at radius 2 is 2.00 bits per heavy atom. The zero-order valence-corrected chi connectivity index (χ0v) is 8.68. The number of hydrogen-bond acceptors (Lipinski definition) is 3. The third-order valence-corrected chi connectivity index (χ3v) is 2.97. The molecule has 0 N–H and O–H groups in total. The lowest BCUT2D eigenvalue weighted by Gasteiger charge is -1.97. The van der Waals surface area contributed by atoms with E-state index in [0.717, 1.165) is 0 Å². The minimum atomic E-state index is -0.0568. The Morgan fingerprint density at radius 1 is 1.29 bits per heavy atom. The molecule has 0 fully saturated rings. The van der Waals surface area contributed by atoms with Gasteiger partial charge in [0.25, 0.3) is 0 Å². The molecule has 0 aliphatic heterocycles. The Labute approximate surface area is 90.2 Å². The number of halogens is 1. The number of carbonyl (C=O) groups is 1. The molecule has 4 heteroatoms. The quantitative estimate of drug-likeness (QED) is 0.733. The number of rotatable bonds is 2. The minimum absolute atomic E-state index is 0.0568. The molecule has 0 amide bonds. The summed E-state index contributed by atoms with van der Waals surface area (Å²) in [6.07, 6.45) is 3.18. The van der Waals surface area contributed by atoms with Gasteiger partial charge >= 0.3 is 0 Å². The standard InChI is InChI=1S/C10H6ClNOS/c11-10-8(3-6-14-10)9(13)7-1-4-12-5-2-7/h1-6H. The third kappa shape index (κ3) is 1.69. The van der Waals surface area contributed by atoms with Gasteiger partial charge in [-0.05, 0) is 23.6 Å². The van der Waals surface area contributed by atoms with Crippen LogP contribution in [0.3, 0.4) is 0 Å². The molecule has 0 saturated carbocycles. The number of thiophene rings is 1. The lowest BCUT2D eigenvalue weighted by atomic mass is 10.1. The van der Waals surface area contributed by atoms with E-state index in [0.29, 0.717) is 15.5 Å². The highest BCUT2D eigenvalue weighted by Crippen LogP contribution is 2.24. The van der Waals surface area contributed by atoms with Gasteiger partial charge in [0.2, 0.25) is 0 Å². The van der Waals surface area contributed by atoms with E-state index in [1.165, 1.54) is 11.3 Å². The smallest absolute Gasteiger partial charge is 0.195 e. The Hall–Kier alpha value is -1.19. The number of nitrogens with zero attached hydrogens (tertiary/aromatic N) is 1. The molecule has 2 rings (SSSR count). The molecule has 2 nitrogen and oxygen atoms in total. The van der Waals surface area contributed by atoms with Crippen LogP contribution in [0.25, 0.3) is 0 Å². The van der Waals surface area contributed by atoms with Gasteiger partial charge in [-0.25, -0.2) is 0 Å². The average molecular weight is 224 g/mol. The average Bonchev–Trinajstić information content (AvgIpc) is 2.65. The largest absolute Gasteiger partial charge is 0.289 e. The predicted octanol–water partition coefficient (Wildman–Crippen LogP) is 3.03. The Balaban J connectivity index is 2.39. The fourth-order valence-electron chi connectivity index (χ4n) is 1.11. The summed E-state index contributed by atoms with van der Waals surface area (Å²) >= 11 is 7.22. The SMILES string of the molecule is O=C(c1ccncc1)c1ccsc1Cl. The van der Waals surface area contributed by atoms with E-state index >= 15 is 0 Å². The molecule has 0 aliphatic rings. The second-order valence-electron chi connectivity index (χ2n) is 2.67. The number of ketones is 1. The number of aromatic nitrogens is 1.